The highest BCUT2D eigenvalue weighted by Gasteiger charge is 2.41. The van der Waals surface area contributed by atoms with Gasteiger partial charge < -0.3 is 0 Å². The fourth-order valence-corrected chi connectivity index (χ4v) is 9.21. The van der Waals surface area contributed by atoms with Crippen molar-refractivity contribution in [2.75, 3.05) is 0 Å². The van der Waals surface area contributed by atoms with Crippen LogP contribution in [0.15, 0.2) is 88.9 Å². The second-order valence-corrected chi connectivity index (χ2v) is 20.0. The Bertz CT molecular complexity index is 1700. The van der Waals surface area contributed by atoms with E-state index < -0.39 is 15.1 Å². The largest absolute Gasteiger partial charge is 0.223 e. The van der Waals surface area contributed by atoms with Crippen LogP contribution in [0.4, 0.5) is 0 Å². The maximum atomic E-state index is 13.3. The van der Waals surface area contributed by atoms with Crippen LogP contribution in [0, 0.1) is 22.7 Å². The van der Waals surface area contributed by atoms with Gasteiger partial charge in [0, 0.05) is 11.8 Å². The standard InChI is InChI=1S/C21H28O2S.C21H28.2CH4/c1-20(2,3)16-9-7-14-11-15-8-10-17(21(4,5)6)13-19(15)24(22,23)18(14)12-16;1-20(2,3)16-7-9-18-14(12-16)11-15-13-17(21(4,5)6)8-10-19(15)18;;/h7-10,12-14,18H,11H2,1-6H3;7-10,12-14,18H,11H2,1-6H3;2*1H4. The number of benzene rings is 2. The average Bonchev–Trinajstić information content (AvgIpc) is 3.28. The number of allylic oxidation sites excluding steroid dienone is 7. The molecule has 0 aromatic heterocycles. The van der Waals surface area contributed by atoms with Crippen LogP contribution in [0.25, 0.3) is 0 Å². The predicted octanol–water partition coefficient (Wildman–Crippen LogP) is 11.9. The Morgan fingerprint density at radius 1 is 0.574 bits per heavy atom. The van der Waals surface area contributed by atoms with Crippen LogP contribution in [0.1, 0.15) is 132 Å². The van der Waals surface area contributed by atoms with E-state index >= 15 is 0 Å². The Morgan fingerprint density at radius 3 is 1.66 bits per heavy atom. The van der Waals surface area contributed by atoms with E-state index in [0.717, 1.165) is 23.1 Å². The maximum Gasteiger partial charge on any atom is 0.185 e. The summed E-state index contributed by atoms with van der Waals surface area (Å²) in [6.07, 6.45) is 15.5. The van der Waals surface area contributed by atoms with Crippen LogP contribution in [-0.2, 0) is 33.5 Å². The molecule has 1 heterocycles. The molecule has 4 aliphatic rings. The molecule has 2 aromatic rings. The van der Waals surface area contributed by atoms with Crippen molar-refractivity contribution < 1.29 is 8.42 Å². The van der Waals surface area contributed by atoms with E-state index in [1.807, 2.05) is 18.2 Å². The van der Waals surface area contributed by atoms with Crippen LogP contribution in [0.5, 0.6) is 0 Å². The first-order valence-corrected chi connectivity index (χ1v) is 18.4. The quantitative estimate of drug-likeness (QED) is 0.283. The number of hydrogen-bond acceptors (Lipinski definition) is 2. The van der Waals surface area contributed by atoms with Gasteiger partial charge in [-0.15, -0.1) is 0 Å². The summed E-state index contributed by atoms with van der Waals surface area (Å²) in [7, 11) is -3.35. The fourth-order valence-electron chi connectivity index (χ4n) is 7.14. The molecule has 2 nitrogen and oxygen atoms in total. The van der Waals surface area contributed by atoms with Crippen molar-refractivity contribution in [2.45, 2.75) is 138 Å². The molecule has 6 rings (SSSR count). The molecule has 0 fully saturated rings. The third-order valence-corrected chi connectivity index (χ3v) is 12.4. The normalized spacial score (nSPS) is 24.1. The summed E-state index contributed by atoms with van der Waals surface area (Å²) in [4.78, 5) is 0.538. The lowest BCUT2D eigenvalue weighted by molar-refractivity contribution is 0.494. The fraction of sp³-hybridized carbons (Fsp3) is 0.545. The molecule has 3 aliphatic carbocycles. The molecule has 0 saturated carbocycles. The number of sulfone groups is 1. The topological polar surface area (TPSA) is 34.1 Å². The van der Waals surface area contributed by atoms with E-state index in [4.69, 9.17) is 0 Å². The molecule has 0 saturated heterocycles. The van der Waals surface area contributed by atoms with Gasteiger partial charge in [-0.2, -0.15) is 0 Å². The monoisotopic (exact) mass is 656 g/mol. The maximum absolute atomic E-state index is 13.3. The second-order valence-electron chi connectivity index (χ2n) is 18.0. The Morgan fingerprint density at radius 2 is 1.09 bits per heavy atom. The van der Waals surface area contributed by atoms with E-state index in [1.165, 1.54) is 17.6 Å². The first-order valence-electron chi connectivity index (χ1n) is 16.9. The van der Waals surface area contributed by atoms with Crippen molar-refractivity contribution in [2.24, 2.45) is 22.7 Å². The van der Waals surface area contributed by atoms with Crippen LogP contribution in [-0.4, -0.2) is 13.7 Å². The van der Waals surface area contributed by atoms with Gasteiger partial charge in [0.25, 0.3) is 0 Å². The van der Waals surface area contributed by atoms with Crippen LogP contribution in [0.2, 0.25) is 0 Å². The van der Waals surface area contributed by atoms with Crippen LogP contribution in [0.3, 0.4) is 0 Å². The molecule has 0 radical (unpaired) electrons. The lowest BCUT2D eigenvalue weighted by atomic mass is 9.77. The molecule has 4 unspecified atom stereocenters. The van der Waals surface area contributed by atoms with E-state index in [-0.39, 0.29) is 42.4 Å². The minimum absolute atomic E-state index is 0. The van der Waals surface area contributed by atoms with Gasteiger partial charge >= 0.3 is 0 Å². The Kier molecular flexibility index (Phi) is 10.7. The van der Waals surface area contributed by atoms with Crippen LogP contribution < -0.4 is 0 Å². The van der Waals surface area contributed by atoms with Crippen LogP contribution >= 0.6 is 0 Å². The summed E-state index contributed by atoms with van der Waals surface area (Å²) in [5.74, 6) is 1.31. The molecule has 0 amide bonds. The van der Waals surface area contributed by atoms with Crippen molar-refractivity contribution in [3.63, 3.8) is 0 Å². The van der Waals surface area contributed by atoms with Gasteiger partial charge in [0.15, 0.2) is 9.84 Å². The lowest BCUT2D eigenvalue weighted by Gasteiger charge is -2.35. The zero-order valence-corrected chi connectivity index (χ0v) is 30.7. The van der Waals surface area contributed by atoms with Crippen molar-refractivity contribution in [3.8, 4) is 0 Å². The SMILES string of the molecule is C.C.CC(C)(C)C1=CC2C(C=C1)Cc1ccc(C(C)(C)C)cc1S2(=O)=O.CC(C)(C)C1=CC2Cc3cc(C(C)(C)C)ccc3C2C=C1. The Labute approximate surface area is 289 Å². The van der Waals surface area contributed by atoms with E-state index in [0.29, 0.717) is 16.7 Å². The number of fused-ring (bicyclic) bond motifs is 5. The summed E-state index contributed by atoms with van der Waals surface area (Å²) < 4.78 is 26.6. The first-order chi connectivity index (χ1) is 20.6. The number of rotatable bonds is 0. The summed E-state index contributed by atoms with van der Waals surface area (Å²) in [5, 5.41) is -0.431. The molecular formula is C44H64O2S. The highest BCUT2D eigenvalue weighted by atomic mass is 32.2. The number of hydrogen-bond donors (Lipinski definition) is 0. The van der Waals surface area contributed by atoms with Crippen molar-refractivity contribution >= 4 is 9.84 Å². The molecule has 0 N–H and O–H groups in total. The second kappa shape index (κ2) is 13.0. The highest BCUT2D eigenvalue weighted by Crippen LogP contribution is 2.46. The van der Waals surface area contributed by atoms with Gasteiger partial charge in [-0.25, -0.2) is 8.42 Å². The van der Waals surface area contributed by atoms with Gasteiger partial charge in [0.05, 0.1) is 10.1 Å². The van der Waals surface area contributed by atoms with Gasteiger partial charge in [0.1, 0.15) is 0 Å². The molecule has 4 atom stereocenters. The minimum Gasteiger partial charge on any atom is -0.223 e. The molecule has 258 valence electrons. The van der Waals surface area contributed by atoms with E-state index in [9.17, 15) is 8.42 Å². The summed E-state index contributed by atoms with van der Waals surface area (Å²) >= 11 is 0. The van der Waals surface area contributed by atoms with Crippen molar-refractivity contribution in [1.82, 2.24) is 0 Å². The highest BCUT2D eigenvalue weighted by molar-refractivity contribution is 7.92. The molecule has 47 heavy (non-hydrogen) atoms. The minimum atomic E-state index is -3.35. The predicted molar refractivity (Wildman–Crippen MR) is 205 cm³/mol. The Hall–Kier alpha value is -2.65. The van der Waals surface area contributed by atoms with Gasteiger partial charge in [-0.05, 0) is 85.4 Å². The smallest absolute Gasteiger partial charge is 0.185 e. The van der Waals surface area contributed by atoms with E-state index in [2.05, 4.69) is 138 Å². The molecule has 3 heteroatoms. The lowest BCUT2D eigenvalue weighted by Crippen LogP contribution is -2.36. The zero-order chi connectivity index (χ0) is 33.3. The third-order valence-electron chi connectivity index (χ3n) is 10.2. The molecule has 2 aromatic carbocycles. The summed E-state index contributed by atoms with van der Waals surface area (Å²) in [5.41, 5.74) is 9.63. The first kappa shape index (κ1) is 38.8. The van der Waals surface area contributed by atoms with Gasteiger partial charge in [-0.1, -0.05) is 165 Å². The van der Waals surface area contributed by atoms with Crippen molar-refractivity contribution in [3.05, 3.63) is 112 Å². The van der Waals surface area contributed by atoms with E-state index in [1.54, 1.807) is 11.1 Å². The van der Waals surface area contributed by atoms with Gasteiger partial charge in [0.2, 0.25) is 0 Å². The third kappa shape index (κ3) is 7.82. The molecule has 1 aliphatic heterocycles. The summed E-state index contributed by atoms with van der Waals surface area (Å²) in [6, 6.07) is 13.2. The average molecular weight is 657 g/mol. The van der Waals surface area contributed by atoms with Crippen molar-refractivity contribution in [1.29, 1.82) is 0 Å². The van der Waals surface area contributed by atoms with Gasteiger partial charge in [-0.3, -0.25) is 0 Å². The molecular weight excluding hydrogens is 593 g/mol. The zero-order valence-electron chi connectivity index (χ0n) is 29.9. The molecule has 0 spiro atoms. The molecule has 0 bridgehead atoms. The Balaban J connectivity index is 0.000000247. The summed E-state index contributed by atoms with van der Waals surface area (Å²) in [6.45, 7) is 26.6.